The molecule has 0 bridgehead atoms. The van der Waals surface area contributed by atoms with Gasteiger partial charge in [0.1, 0.15) is 0 Å². The Morgan fingerprint density at radius 1 is 1.37 bits per heavy atom. The third-order valence-electron chi connectivity index (χ3n) is 3.65. The number of rotatable bonds is 5. The summed E-state index contributed by atoms with van der Waals surface area (Å²) in [5.41, 5.74) is 5.89. The van der Waals surface area contributed by atoms with E-state index in [0.717, 1.165) is 38.8 Å². The summed E-state index contributed by atoms with van der Waals surface area (Å²) in [4.78, 5) is 27.2. The Morgan fingerprint density at radius 2 is 2.11 bits per heavy atom. The van der Waals surface area contributed by atoms with Crippen molar-refractivity contribution >= 4 is 11.8 Å². The number of hydrogen-bond acceptors (Lipinski definition) is 4. The summed E-state index contributed by atoms with van der Waals surface area (Å²) in [6.45, 7) is 2.20. The van der Waals surface area contributed by atoms with Gasteiger partial charge in [-0.25, -0.2) is 0 Å². The van der Waals surface area contributed by atoms with Crippen molar-refractivity contribution in [3.8, 4) is 0 Å². The Labute approximate surface area is 114 Å². The summed E-state index contributed by atoms with van der Waals surface area (Å²) in [6, 6.07) is 0.515. The molecule has 1 unspecified atom stereocenters. The highest BCUT2D eigenvalue weighted by molar-refractivity contribution is 5.85. The van der Waals surface area contributed by atoms with Gasteiger partial charge in [0.05, 0.1) is 13.1 Å². The van der Waals surface area contributed by atoms with Crippen LogP contribution < -0.4 is 11.1 Å². The normalized spacial score (nSPS) is 24.0. The maximum atomic E-state index is 12.0. The van der Waals surface area contributed by atoms with E-state index in [1.165, 1.54) is 4.90 Å². The van der Waals surface area contributed by atoms with Gasteiger partial charge in [-0.05, 0) is 32.2 Å². The number of carbonyl (C=O) groups is 2. The number of carbonyl (C=O) groups excluding carboxylic acids is 2. The zero-order valence-corrected chi connectivity index (χ0v) is 11.6. The number of hydrogen-bond donors (Lipinski definition) is 2. The van der Waals surface area contributed by atoms with Crippen LogP contribution in [0.2, 0.25) is 0 Å². The standard InChI is InChI=1S/C13H24N4O2/c1-16(8-12(18)15-11-4-5-11)13(19)9-17-6-2-3-10(14)7-17/h10-11H,2-9,14H2,1H3,(H,15,18). The second-order valence-electron chi connectivity index (χ2n) is 5.73. The second-order valence-corrected chi connectivity index (χ2v) is 5.73. The van der Waals surface area contributed by atoms with Crippen molar-refractivity contribution in [2.75, 3.05) is 33.2 Å². The van der Waals surface area contributed by atoms with E-state index in [0.29, 0.717) is 12.6 Å². The molecule has 2 fully saturated rings. The number of likely N-dealkylation sites (N-methyl/N-ethyl adjacent to an activating group) is 1. The Hall–Kier alpha value is -1.14. The van der Waals surface area contributed by atoms with Gasteiger partial charge in [0.25, 0.3) is 0 Å². The van der Waals surface area contributed by atoms with E-state index >= 15 is 0 Å². The number of nitrogens with zero attached hydrogens (tertiary/aromatic N) is 2. The molecule has 2 rings (SSSR count). The third-order valence-corrected chi connectivity index (χ3v) is 3.65. The second kappa shape index (κ2) is 6.34. The molecule has 0 radical (unpaired) electrons. The molecule has 0 aromatic carbocycles. The molecular weight excluding hydrogens is 244 g/mol. The Kier molecular flexibility index (Phi) is 4.76. The van der Waals surface area contributed by atoms with Gasteiger partial charge >= 0.3 is 0 Å². The molecule has 19 heavy (non-hydrogen) atoms. The molecule has 6 nitrogen and oxygen atoms in total. The molecule has 1 saturated carbocycles. The maximum Gasteiger partial charge on any atom is 0.239 e. The van der Waals surface area contributed by atoms with Crippen LogP contribution in [0.1, 0.15) is 25.7 Å². The molecule has 3 N–H and O–H groups in total. The van der Waals surface area contributed by atoms with Gasteiger partial charge in [-0.2, -0.15) is 0 Å². The molecule has 1 aliphatic heterocycles. The van der Waals surface area contributed by atoms with Crippen molar-refractivity contribution in [3.05, 3.63) is 0 Å². The van der Waals surface area contributed by atoms with Crippen molar-refractivity contribution in [1.82, 2.24) is 15.1 Å². The highest BCUT2D eigenvalue weighted by Gasteiger charge is 2.25. The molecule has 1 atom stereocenters. The fourth-order valence-corrected chi connectivity index (χ4v) is 2.35. The number of piperidine rings is 1. The first kappa shape index (κ1) is 14.3. The van der Waals surface area contributed by atoms with E-state index in [-0.39, 0.29) is 24.4 Å². The Bertz CT molecular complexity index is 344. The molecule has 1 aliphatic carbocycles. The lowest BCUT2D eigenvalue weighted by atomic mass is 10.1. The van der Waals surface area contributed by atoms with E-state index < -0.39 is 0 Å². The summed E-state index contributed by atoms with van der Waals surface area (Å²) in [7, 11) is 1.68. The van der Waals surface area contributed by atoms with Gasteiger partial charge in [-0.15, -0.1) is 0 Å². The first-order valence-corrected chi connectivity index (χ1v) is 7.06. The topological polar surface area (TPSA) is 78.7 Å². The molecule has 1 saturated heterocycles. The van der Waals surface area contributed by atoms with Crippen LogP contribution in [0, 0.1) is 0 Å². The van der Waals surface area contributed by atoms with Gasteiger partial charge in [0, 0.05) is 25.7 Å². The number of nitrogens with two attached hydrogens (primary N) is 1. The summed E-state index contributed by atoms with van der Waals surface area (Å²) >= 11 is 0. The lowest BCUT2D eigenvalue weighted by Gasteiger charge is -2.31. The molecule has 0 spiro atoms. The first-order valence-electron chi connectivity index (χ1n) is 7.06. The molecule has 2 amide bonds. The van der Waals surface area contributed by atoms with Crippen LogP contribution >= 0.6 is 0 Å². The van der Waals surface area contributed by atoms with Crippen LogP contribution in [-0.2, 0) is 9.59 Å². The smallest absolute Gasteiger partial charge is 0.239 e. The van der Waals surface area contributed by atoms with Gasteiger partial charge < -0.3 is 16.0 Å². The van der Waals surface area contributed by atoms with Gasteiger partial charge in [0.15, 0.2) is 0 Å². The Balaban J connectivity index is 1.70. The molecule has 6 heteroatoms. The summed E-state index contributed by atoms with van der Waals surface area (Å²) in [6.07, 6.45) is 4.20. The van der Waals surface area contributed by atoms with Crippen molar-refractivity contribution in [3.63, 3.8) is 0 Å². The lowest BCUT2D eigenvalue weighted by molar-refractivity contribution is -0.135. The van der Waals surface area contributed by atoms with Crippen LogP contribution in [-0.4, -0.2) is 66.9 Å². The van der Waals surface area contributed by atoms with Crippen molar-refractivity contribution in [2.45, 2.75) is 37.8 Å². The summed E-state index contributed by atoms with van der Waals surface area (Å²) < 4.78 is 0. The minimum Gasteiger partial charge on any atom is -0.352 e. The fourth-order valence-electron chi connectivity index (χ4n) is 2.35. The van der Waals surface area contributed by atoms with Crippen LogP contribution in [0.15, 0.2) is 0 Å². The minimum absolute atomic E-state index is 0.0138. The van der Waals surface area contributed by atoms with Crippen LogP contribution in [0.25, 0.3) is 0 Å². The predicted molar refractivity (Wildman–Crippen MR) is 72.5 cm³/mol. The van der Waals surface area contributed by atoms with Crippen molar-refractivity contribution in [2.24, 2.45) is 5.73 Å². The number of nitrogens with one attached hydrogen (secondary N) is 1. The zero-order chi connectivity index (χ0) is 13.8. The molecule has 1 heterocycles. The molecule has 108 valence electrons. The monoisotopic (exact) mass is 268 g/mol. The SMILES string of the molecule is CN(CC(=O)NC1CC1)C(=O)CN1CCCC(N)C1. The van der Waals surface area contributed by atoms with Gasteiger partial charge in [-0.1, -0.05) is 0 Å². The van der Waals surface area contributed by atoms with E-state index in [1.54, 1.807) is 7.05 Å². The average Bonchev–Trinajstić information content (AvgIpc) is 3.12. The minimum atomic E-state index is -0.0614. The van der Waals surface area contributed by atoms with Crippen LogP contribution in [0.5, 0.6) is 0 Å². The largest absolute Gasteiger partial charge is 0.352 e. The highest BCUT2D eigenvalue weighted by atomic mass is 16.2. The van der Waals surface area contributed by atoms with Crippen molar-refractivity contribution < 1.29 is 9.59 Å². The molecule has 0 aromatic rings. The van der Waals surface area contributed by atoms with E-state index in [9.17, 15) is 9.59 Å². The quantitative estimate of drug-likeness (QED) is 0.680. The van der Waals surface area contributed by atoms with Crippen LogP contribution in [0.3, 0.4) is 0 Å². The maximum absolute atomic E-state index is 12.0. The average molecular weight is 268 g/mol. The number of likely N-dealkylation sites (tertiary alicyclic amines) is 1. The van der Waals surface area contributed by atoms with E-state index in [4.69, 9.17) is 5.73 Å². The van der Waals surface area contributed by atoms with Gasteiger partial charge in [0.2, 0.25) is 11.8 Å². The fraction of sp³-hybridized carbons (Fsp3) is 0.846. The third kappa shape index (κ3) is 4.80. The summed E-state index contributed by atoms with van der Waals surface area (Å²) in [5, 5.41) is 2.88. The first-order chi connectivity index (χ1) is 9.04. The predicted octanol–water partition coefficient (Wildman–Crippen LogP) is -0.853. The summed E-state index contributed by atoms with van der Waals surface area (Å²) in [5.74, 6) is -0.0752. The van der Waals surface area contributed by atoms with Gasteiger partial charge in [-0.3, -0.25) is 14.5 Å². The van der Waals surface area contributed by atoms with Crippen LogP contribution in [0.4, 0.5) is 0 Å². The highest BCUT2D eigenvalue weighted by Crippen LogP contribution is 2.18. The van der Waals surface area contributed by atoms with E-state index in [2.05, 4.69) is 10.2 Å². The zero-order valence-electron chi connectivity index (χ0n) is 11.6. The van der Waals surface area contributed by atoms with Crippen molar-refractivity contribution in [1.29, 1.82) is 0 Å². The lowest BCUT2D eigenvalue weighted by Crippen LogP contribution is -2.48. The van der Waals surface area contributed by atoms with E-state index in [1.807, 2.05) is 0 Å². The number of amides is 2. The Morgan fingerprint density at radius 3 is 2.74 bits per heavy atom. The molecular formula is C13H24N4O2. The molecule has 2 aliphatic rings. The molecule has 0 aromatic heterocycles.